The first-order chi connectivity index (χ1) is 4.73. The Kier molecular flexibility index (Phi) is 1.94. The molecule has 0 heterocycles. The van der Waals surface area contributed by atoms with Crippen molar-refractivity contribution in [1.82, 2.24) is 0 Å². The molecule has 1 rings (SSSR count). The fraction of sp³-hybridized carbons (Fsp3) is 0.857. The van der Waals surface area contributed by atoms with E-state index in [-0.39, 0.29) is 5.60 Å². The zero-order chi connectivity index (χ0) is 7.61. The van der Waals surface area contributed by atoms with E-state index in [9.17, 15) is 0 Å². The Labute approximate surface area is 61.2 Å². The molecule has 1 unspecified atom stereocenters. The highest BCUT2D eigenvalue weighted by Gasteiger charge is 2.40. The van der Waals surface area contributed by atoms with Crippen LogP contribution in [0.25, 0.3) is 0 Å². The molecule has 58 valence electrons. The number of ether oxygens (including phenoxy) is 1. The Hall–Kier alpha value is -0.570. The Morgan fingerprint density at radius 1 is 1.70 bits per heavy atom. The van der Waals surface area contributed by atoms with Crippen LogP contribution in [0.5, 0.6) is 0 Å². The highest BCUT2D eigenvalue weighted by Crippen LogP contribution is 2.40. The third-order valence-electron chi connectivity index (χ3n) is 2.16. The molecule has 0 aromatic heterocycles. The third kappa shape index (κ3) is 1.29. The van der Waals surface area contributed by atoms with Crippen LogP contribution in [-0.2, 0) is 4.74 Å². The smallest absolute Gasteiger partial charge is 0.104 e. The number of hydrogen-bond acceptors (Lipinski definition) is 3. The van der Waals surface area contributed by atoms with E-state index in [1.165, 1.54) is 12.8 Å². The Morgan fingerprint density at radius 2 is 2.30 bits per heavy atom. The van der Waals surface area contributed by atoms with Gasteiger partial charge >= 0.3 is 0 Å². The number of hydrazone groups is 1. The second-order valence-corrected chi connectivity index (χ2v) is 2.94. The van der Waals surface area contributed by atoms with Crippen molar-refractivity contribution in [3.8, 4) is 0 Å². The van der Waals surface area contributed by atoms with E-state index < -0.39 is 0 Å². The second-order valence-electron chi connectivity index (χ2n) is 2.94. The fourth-order valence-corrected chi connectivity index (χ4v) is 1.13. The van der Waals surface area contributed by atoms with Crippen molar-refractivity contribution in [1.29, 1.82) is 0 Å². The number of nitrogens with two attached hydrogens (primary N) is 1. The molecule has 1 saturated carbocycles. The summed E-state index contributed by atoms with van der Waals surface area (Å²) in [6, 6.07) is 0. The SMILES string of the molecule is COC(C)(/C=N/N)C1CC1. The van der Waals surface area contributed by atoms with E-state index in [1.54, 1.807) is 13.3 Å². The summed E-state index contributed by atoms with van der Waals surface area (Å²) in [5.74, 6) is 5.67. The number of methoxy groups -OCH3 is 1. The molecule has 0 aliphatic heterocycles. The maximum atomic E-state index is 5.27. The molecule has 2 N–H and O–H groups in total. The molecule has 0 saturated heterocycles. The van der Waals surface area contributed by atoms with Crippen LogP contribution in [0.1, 0.15) is 19.8 Å². The van der Waals surface area contributed by atoms with Crippen molar-refractivity contribution in [2.75, 3.05) is 7.11 Å². The quantitative estimate of drug-likeness (QED) is 0.359. The minimum absolute atomic E-state index is 0.214. The van der Waals surface area contributed by atoms with Gasteiger partial charge in [-0.3, -0.25) is 0 Å². The van der Waals surface area contributed by atoms with Gasteiger partial charge in [0.2, 0.25) is 0 Å². The summed E-state index contributed by atoms with van der Waals surface area (Å²) in [5.41, 5.74) is -0.214. The van der Waals surface area contributed by atoms with E-state index in [2.05, 4.69) is 5.10 Å². The average Bonchev–Trinajstić information content (AvgIpc) is 2.69. The van der Waals surface area contributed by atoms with Crippen LogP contribution in [-0.4, -0.2) is 18.9 Å². The van der Waals surface area contributed by atoms with Gasteiger partial charge in [-0.25, -0.2) is 0 Å². The van der Waals surface area contributed by atoms with Gasteiger partial charge in [0.25, 0.3) is 0 Å². The van der Waals surface area contributed by atoms with Crippen LogP contribution in [0, 0.1) is 5.92 Å². The van der Waals surface area contributed by atoms with E-state index >= 15 is 0 Å². The number of rotatable bonds is 3. The standard InChI is InChI=1S/C7H14N2O/c1-7(10-2,5-9-8)6-3-4-6/h5-6H,3-4,8H2,1-2H3/b9-5+. The molecule has 0 radical (unpaired) electrons. The Morgan fingerprint density at radius 3 is 2.60 bits per heavy atom. The summed E-state index contributed by atoms with van der Waals surface area (Å²) in [6.07, 6.45) is 4.15. The second kappa shape index (κ2) is 2.58. The van der Waals surface area contributed by atoms with Gasteiger partial charge in [-0.05, 0) is 25.7 Å². The van der Waals surface area contributed by atoms with Gasteiger partial charge in [0.05, 0.1) is 6.21 Å². The van der Waals surface area contributed by atoms with Crippen molar-refractivity contribution >= 4 is 6.21 Å². The normalized spacial score (nSPS) is 25.0. The Bertz CT molecular complexity index is 143. The maximum Gasteiger partial charge on any atom is 0.104 e. The highest BCUT2D eigenvalue weighted by molar-refractivity contribution is 5.68. The first-order valence-electron chi connectivity index (χ1n) is 3.52. The van der Waals surface area contributed by atoms with Crippen molar-refractivity contribution in [2.45, 2.75) is 25.4 Å². The molecule has 10 heavy (non-hydrogen) atoms. The molecule has 1 aliphatic rings. The van der Waals surface area contributed by atoms with E-state index in [1.807, 2.05) is 6.92 Å². The van der Waals surface area contributed by atoms with Gasteiger partial charge in [0, 0.05) is 7.11 Å². The van der Waals surface area contributed by atoms with Crippen LogP contribution >= 0.6 is 0 Å². The zero-order valence-corrected chi connectivity index (χ0v) is 6.50. The molecular formula is C7H14N2O. The van der Waals surface area contributed by atoms with E-state index in [0.717, 1.165) is 0 Å². The predicted octanol–water partition coefficient (Wildman–Crippen LogP) is 0.746. The first kappa shape index (κ1) is 7.54. The number of nitrogens with zero attached hydrogens (tertiary/aromatic N) is 1. The molecule has 0 aromatic carbocycles. The maximum absolute atomic E-state index is 5.27. The number of hydrogen-bond donors (Lipinski definition) is 1. The van der Waals surface area contributed by atoms with Crippen molar-refractivity contribution in [2.24, 2.45) is 16.9 Å². The van der Waals surface area contributed by atoms with Crippen LogP contribution < -0.4 is 5.84 Å². The van der Waals surface area contributed by atoms with Crippen molar-refractivity contribution in [3.05, 3.63) is 0 Å². The Balaban J connectivity index is 2.56. The largest absolute Gasteiger partial charge is 0.372 e. The van der Waals surface area contributed by atoms with Crippen LogP contribution in [0.4, 0.5) is 0 Å². The monoisotopic (exact) mass is 142 g/mol. The first-order valence-corrected chi connectivity index (χ1v) is 3.52. The van der Waals surface area contributed by atoms with E-state index in [4.69, 9.17) is 10.6 Å². The summed E-state index contributed by atoms with van der Waals surface area (Å²) >= 11 is 0. The van der Waals surface area contributed by atoms with Gasteiger partial charge in [-0.2, -0.15) is 5.10 Å². The van der Waals surface area contributed by atoms with Crippen LogP contribution in [0.15, 0.2) is 5.10 Å². The lowest BCUT2D eigenvalue weighted by Crippen LogP contribution is -2.32. The summed E-state index contributed by atoms with van der Waals surface area (Å²) in [6.45, 7) is 2.01. The average molecular weight is 142 g/mol. The molecule has 0 spiro atoms. The van der Waals surface area contributed by atoms with Crippen molar-refractivity contribution in [3.63, 3.8) is 0 Å². The molecule has 1 aliphatic carbocycles. The molecule has 0 aromatic rings. The summed E-state index contributed by atoms with van der Waals surface area (Å²) in [4.78, 5) is 0. The molecule has 1 atom stereocenters. The summed E-state index contributed by atoms with van der Waals surface area (Å²) in [7, 11) is 1.69. The topological polar surface area (TPSA) is 47.6 Å². The molecule has 0 amide bonds. The summed E-state index contributed by atoms with van der Waals surface area (Å²) < 4.78 is 5.27. The zero-order valence-electron chi connectivity index (χ0n) is 6.50. The van der Waals surface area contributed by atoms with Crippen LogP contribution in [0.3, 0.4) is 0 Å². The molecule has 3 nitrogen and oxygen atoms in total. The molecule has 1 fully saturated rings. The molecule has 0 bridgehead atoms. The van der Waals surface area contributed by atoms with Crippen LogP contribution in [0.2, 0.25) is 0 Å². The minimum Gasteiger partial charge on any atom is -0.372 e. The van der Waals surface area contributed by atoms with Gasteiger partial charge < -0.3 is 10.6 Å². The van der Waals surface area contributed by atoms with E-state index in [0.29, 0.717) is 5.92 Å². The third-order valence-corrected chi connectivity index (χ3v) is 2.16. The molecule has 3 heteroatoms. The van der Waals surface area contributed by atoms with Gasteiger partial charge in [-0.15, -0.1) is 0 Å². The predicted molar refractivity (Wildman–Crippen MR) is 40.8 cm³/mol. The lowest BCUT2D eigenvalue weighted by atomic mass is 10.0. The fourth-order valence-electron chi connectivity index (χ4n) is 1.13. The highest BCUT2D eigenvalue weighted by atomic mass is 16.5. The lowest BCUT2D eigenvalue weighted by Gasteiger charge is -2.22. The van der Waals surface area contributed by atoms with Gasteiger partial charge in [-0.1, -0.05) is 0 Å². The van der Waals surface area contributed by atoms with Gasteiger partial charge in [0.1, 0.15) is 5.60 Å². The summed E-state index contributed by atoms with van der Waals surface area (Å²) in [5, 5.41) is 3.49. The lowest BCUT2D eigenvalue weighted by molar-refractivity contribution is 0.0515. The molecular weight excluding hydrogens is 128 g/mol. The minimum atomic E-state index is -0.214. The van der Waals surface area contributed by atoms with Gasteiger partial charge in [0.15, 0.2) is 0 Å². The van der Waals surface area contributed by atoms with Crippen molar-refractivity contribution < 1.29 is 4.74 Å².